The zero-order valence-electron chi connectivity index (χ0n) is 10.6. The molecule has 4 nitrogen and oxygen atoms in total. The molecule has 0 radical (unpaired) electrons. The zero-order valence-corrected chi connectivity index (χ0v) is 10.6. The summed E-state index contributed by atoms with van der Waals surface area (Å²) in [4.78, 5) is 0. The molecule has 5 heteroatoms. The van der Waals surface area contributed by atoms with E-state index >= 15 is 0 Å². The van der Waals surface area contributed by atoms with Crippen LogP contribution in [0.25, 0.3) is 0 Å². The van der Waals surface area contributed by atoms with E-state index in [1.54, 1.807) is 18.2 Å². The second kappa shape index (κ2) is 5.69. The van der Waals surface area contributed by atoms with Crippen molar-refractivity contribution in [3.05, 3.63) is 59.4 Å². The van der Waals surface area contributed by atoms with Crippen molar-refractivity contribution in [1.82, 2.24) is 5.43 Å². The van der Waals surface area contributed by atoms with Gasteiger partial charge in [-0.05, 0) is 17.7 Å². The van der Waals surface area contributed by atoms with Gasteiger partial charge in [0.1, 0.15) is 11.6 Å². The Bertz CT molecular complexity index is 574. The molecule has 0 heterocycles. The van der Waals surface area contributed by atoms with Crippen LogP contribution in [0.15, 0.2) is 42.5 Å². The number of hydrogen-bond acceptors (Lipinski definition) is 4. The number of nitrogens with one attached hydrogen (secondary N) is 1. The number of hydrazine groups is 1. The van der Waals surface area contributed by atoms with Gasteiger partial charge in [-0.1, -0.05) is 24.3 Å². The van der Waals surface area contributed by atoms with E-state index in [2.05, 4.69) is 5.43 Å². The second-order valence-electron chi connectivity index (χ2n) is 4.12. The molecule has 0 bridgehead atoms. The van der Waals surface area contributed by atoms with Gasteiger partial charge in [0.25, 0.3) is 0 Å². The number of halogens is 1. The van der Waals surface area contributed by atoms with Gasteiger partial charge in [-0.3, -0.25) is 5.84 Å². The quantitative estimate of drug-likeness (QED) is 0.447. The number of nitrogen functional groups attached to an aromatic ring is 1. The van der Waals surface area contributed by atoms with Crippen LogP contribution in [0.5, 0.6) is 5.75 Å². The number of methoxy groups -OCH3 is 1. The number of nitrogens with two attached hydrogens (primary N) is 2. The van der Waals surface area contributed by atoms with Crippen molar-refractivity contribution in [3.63, 3.8) is 0 Å². The number of ether oxygens (including phenoxy) is 1. The van der Waals surface area contributed by atoms with Gasteiger partial charge in [0.05, 0.1) is 13.2 Å². The standard InChI is InChI=1S/C14H16FN3O/c1-19-9-6-7-10(12(15)8-9)14(18-17)11-4-2-3-5-13(11)16/h2-8,14,18H,16-17H2,1H3. The van der Waals surface area contributed by atoms with Crippen molar-refractivity contribution in [2.45, 2.75) is 6.04 Å². The summed E-state index contributed by atoms with van der Waals surface area (Å²) in [6.45, 7) is 0. The molecule has 0 aliphatic rings. The van der Waals surface area contributed by atoms with Crippen LogP contribution >= 0.6 is 0 Å². The minimum absolute atomic E-state index is 0.398. The number of para-hydroxylation sites is 1. The molecular formula is C14H16FN3O. The molecule has 0 fully saturated rings. The average molecular weight is 261 g/mol. The van der Waals surface area contributed by atoms with Crippen LogP contribution in [0.2, 0.25) is 0 Å². The van der Waals surface area contributed by atoms with Gasteiger partial charge in [0.15, 0.2) is 0 Å². The molecule has 19 heavy (non-hydrogen) atoms. The van der Waals surface area contributed by atoms with E-state index in [1.165, 1.54) is 13.2 Å². The van der Waals surface area contributed by atoms with E-state index in [4.69, 9.17) is 16.3 Å². The Morgan fingerprint density at radius 3 is 2.47 bits per heavy atom. The Morgan fingerprint density at radius 2 is 1.89 bits per heavy atom. The molecule has 1 atom stereocenters. The summed E-state index contributed by atoms with van der Waals surface area (Å²) >= 11 is 0. The maximum atomic E-state index is 14.1. The predicted molar refractivity (Wildman–Crippen MR) is 73.0 cm³/mol. The van der Waals surface area contributed by atoms with Crippen molar-refractivity contribution >= 4 is 5.69 Å². The molecule has 2 aromatic carbocycles. The minimum atomic E-state index is -0.507. The number of hydrogen-bond donors (Lipinski definition) is 3. The number of benzene rings is 2. The highest BCUT2D eigenvalue weighted by molar-refractivity contribution is 5.51. The van der Waals surface area contributed by atoms with Gasteiger partial charge in [0, 0.05) is 17.3 Å². The predicted octanol–water partition coefficient (Wildman–Crippen LogP) is 1.97. The number of rotatable bonds is 4. The highest BCUT2D eigenvalue weighted by Gasteiger charge is 2.18. The lowest BCUT2D eigenvalue weighted by molar-refractivity contribution is 0.410. The lowest BCUT2D eigenvalue weighted by Crippen LogP contribution is -2.30. The molecule has 2 rings (SSSR count). The van der Waals surface area contributed by atoms with Crippen LogP contribution in [0.1, 0.15) is 17.2 Å². The van der Waals surface area contributed by atoms with Crippen LogP contribution in [0.4, 0.5) is 10.1 Å². The van der Waals surface area contributed by atoms with Crippen molar-refractivity contribution in [3.8, 4) is 5.75 Å². The first-order valence-corrected chi connectivity index (χ1v) is 5.81. The summed E-state index contributed by atoms with van der Waals surface area (Å²) in [6.07, 6.45) is 0. The Balaban J connectivity index is 2.46. The van der Waals surface area contributed by atoms with E-state index < -0.39 is 11.9 Å². The first-order valence-electron chi connectivity index (χ1n) is 5.81. The third kappa shape index (κ3) is 2.67. The Morgan fingerprint density at radius 1 is 1.16 bits per heavy atom. The number of anilines is 1. The molecule has 0 saturated heterocycles. The van der Waals surface area contributed by atoms with Crippen LogP contribution in [0, 0.1) is 5.82 Å². The molecule has 0 aliphatic carbocycles. The van der Waals surface area contributed by atoms with Crippen molar-refractivity contribution in [2.75, 3.05) is 12.8 Å². The summed E-state index contributed by atoms with van der Waals surface area (Å²) < 4.78 is 19.1. The summed E-state index contributed by atoms with van der Waals surface area (Å²) in [5.41, 5.74) is 10.2. The van der Waals surface area contributed by atoms with E-state index in [0.717, 1.165) is 5.56 Å². The first-order chi connectivity index (χ1) is 9.17. The van der Waals surface area contributed by atoms with E-state index in [-0.39, 0.29) is 0 Å². The largest absolute Gasteiger partial charge is 0.497 e. The first kappa shape index (κ1) is 13.3. The molecule has 0 aliphatic heterocycles. The van der Waals surface area contributed by atoms with E-state index in [0.29, 0.717) is 17.0 Å². The maximum Gasteiger partial charge on any atom is 0.132 e. The third-order valence-electron chi connectivity index (χ3n) is 2.99. The van der Waals surface area contributed by atoms with E-state index in [9.17, 15) is 4.39 Å². The molecule has 0 amide bonds. The van der Waals surface area contributed by atoms with Gasteiger partial charge in [-0.15, -0.1) is 0 Å². The highest BCUT2D eigenvalue weighted by Crippen LogP contribution is 2.29. The minimum Gasteiger partial charge on any atom is -0.497 e. The molecule has 0 aromatic heterocycles. The van der Waals surface area contributed by atoms with Gasteiger partial charge in [-0.25, -0.2) is 9.82 Å². The molecular weight excluding hydrogens is 245 g/mol. The molecule has 0 spiro atoms. The van der Waals surface area contributed by atoms with Crippen LogP contribution in [-0.2, 0) is 0 Å². The smallest absolute Gasteiger partial charge is 0.132 e. The summed E-state index contributed by atoms with van der Waals surface area (Å²) in [5, 5.41) is 0. The fraction of sp³-hybridized carbons (Fsp3) is 0.143. The molecule has 100 valence electrons. The monoisotopic (exact) mass is 261 g/mol. The summed E-state index contributed by atoms with van der Waals surface area (Å²) in [7, 11) is 1.49. The Hall–Kier alpha value is -2.11. The van der Waals surface area contributed by atoms with Crippen molar-refractivity contribution < 1.29 is 9.13 Å². The molecule has 0 saturated carbocycles. The fourth-order valence-corrected chi connectivity index (χ4v) is 1.99. The fourth-order valence-electron chi connectivity index (χ4n) is 1.99. The topological polar surface area (TPSA) is 73.3 Å². The van der Waals surface area contributed by atoms with Gasteiger partial charge in [-0.2, -0.15) is 0 Å². The average Bonchev–Trinajstić information content (AvgIpc) is 2.43. The lowest BCUT2D eigenvalue weighted by Gasteiger charge is -2.19. The Labute approximate surface area is 111 Å². The molecule has 2 aromatic rings. The molecule has 5 N–H and O–H groups in total. The molecule has 1 unspecified atom stereocenters. The Kier molecular flexibility index (Phi) is 3.99. The lowest BCUT2D eigenvalue weighted by atomic mass is 9.97. The van der Waals surface area contributed by atoms with E-state index in [1.807, 2.05) is 18.2 Å². The normalized spacial score (nSPS) is 12.2. The van der Waals surface area contributed by atoms with Crippen LogP contribution in [0.3, 0.4) is 0 Å². The summed E-state index contributed by atoms with van der Waals surface area (Å²) in [6, 6.07) is 11.3. The second-order valence-corrected chi connectivity index (χ2v) is 4.12. The van der Waals surface area contributed by atoms with Crippen LogP contribution in [-0.4, -0.2) is 7.11 Å². The van der Waals surface area contributed by atoms with Crippen molar-refractivity contribution in [2.24, 2.45) is 5.84 Å². The summed E-state index contributed by atoms with van der Waals surface area (Å²) in [5.74, 6) is 5.60. The van der Waals surface area contributed by atoms with Gasteiger partial charge >= 0.3 is 0 Å². The maximum absolute atomic E-state index is 14.1. The zero-order chi connectivity index (χ0) is 13.8. The van der Waals surface area contributed by atoms with Crippen LogP contribution < -0.4 is 21.7 Å². The highest BCUT2D eigenvalue weighted by atomic mass is 19.1. The van der Waals surface area contributed by atoms with Gasteiger partial charge < -0.3 is 10.5 Å². The third-order valence-corrected chi connectivity index (χ3v) is 2.99. The van der Waals surface area contributed by atoms with Gasteiger partial charge in [0.2, 0.25) is 0 Å². The SMILES string of the molecule is COc1ccc(C(NN)c2ccccc2N)c(F)c1. The van der Waals surface area contributed by atoms with Crippen molar-refractivity contribution in [1.29, 1.82) is 0 Å².